The number of para-hydroxylation sites is 2. The van der Waals surface area contributed by atoms with Crippen molar-refractivity contribution in [3.8, 4) is 11.5 Å². The van der Waals surface area contributed by atoms with Gasteiger partial charge in [-0.15, -0.1) is 5.10 Å². The summed E-state index contributed by atoms with van der Waals surface area (Å²) in [7, 11) is 0. The Morgan fingerprint density at radius 2 is 2.19 bits per heavy atom. The Morgan fingerprint density at radius 3 is 3.00 bits per heavy atom. The van der Waals surface area contributed by atoms with Gasteiger partial charge < -0.3 is 14.6 Å². The molecule has 8 heteroatoms. The topological polar surface area (TPSA) is 99.4 Å². The lowest BCUT2D eigenvalue weighted by Gasteiger charge is -2.25. The molecule has 1 atom stereocenters. The van der Waals surface area contributed by atoms with Gasteiger partial charge in [0.1, 0.15) is 6.61 Å². The van der Waals surface area contributed by atoms with Crippen LogP contribution in [0.2, 0.25) is 0 Å². The second-order valence-electron chi connectivity index (χ2n) is 4.62. The van der Waals surface area contributed by atoms with Crippen LogP contribution in [0.3, 0.4) is 0 Å². The minimum absolute atomic E-state index is 0.0736. The van der Waals surface area contributed by atoms with Crippen molar-refractivity contribution < 1.29 is 19.4 Å². The fourth-order valence-electron chi connectivity index (χ4n) is 2.13. The van der Waals surface area contributed by atoms with Gasteiger partial charge in [-0.2, -0.15) is 0 Å². The Kier molecular flexibility index (Phi) is 3.67. The Balaban J connectivity index is 1.71. The molecule has 2 heterocycles. The van der Waals surface area contributed by atoms with E-state index in [1.165, 1.54) is 0 Å². The first kappa shape index (κ1) is 13.3. The molecular weight excluding hydrogens is 276 g/mol. The lowest BCUT2D eigenvalue weighted by molar-refractivity contribution is -0.137. The first-order chi connectivity index (χ1) is 10.2. The second-order valence-corrected chi connectivity index (χ2v) is 4.62. The van der Waals surface area contributed by atoms with Crippen LogP contribution in [0.1, 0.15) is 24.8 Å². The number of aromatic nitrogens is 4. The predicted molar refractivity (Wildman–Crippen MR) is 70.0 cm³/mol. The smallest absolute Gasteiger partial charge is 0.303 e. The Hall–Kier alpha value is -2.64. The molecule has 1 aliphatic rings. The Morgan fingerprint density at radius 1 is 1.38 bits per heavy atom. The summed E-state index contributed by atoms with van der Waals surface area (Å²) in [5.74, 6) is 1.04. The molecule has 0 saturated heterocycles. The summed E-state index contributed by atoms with van der Waals surface area (Å²) in [6, 6.07) is 7.39. The maximum absolute atomic E-state index is 10.5. The number of tetrazole rings is 1. The fraction of sp³-hybridized carbons (Fsp3) is 0.385. The third kappa shape index (κ3) is 2.93. The van der Waals surface area contributed by atoms with Crippen LogP contribution in [0.4, 0.5) is 0 Å². The van der Waals surface area contributed by atoms with Gasteiger partial charge in [-0.25, -0.2) is 4.68 Å². The van der Waals surface area contributed by atoms with E-state index in [4.69, 9.17) is 14.6 Å². The molecule has 0 bridgehead atoms. The standard InChI is InChI=1S/C13H14N4O4/c18-12(19)6-3-7-17-13(14-15-16-17)11-8-20-9-4-1-2-5-10(9)21-11/h1-2,4-5,11H,3,6-8H2,(H,18,19). The fourth-order valence-corrected chi connectivity index (χ4v) is 2.13. The largest absolute Gasteiger partial charge is 0.485 e. The first-order valence-corrected chi connectivity index (χ1v) is 6.60. The summed E-state index contributed by atoms with van der Waals surface area (Å²) in [6.45, 7) is 0.743. The second kappa shape index (κ2) is 5.78. The minimum atomic E-state index is -0.837. The molecule has 1 unspecified atom stereocenters. The van der Waals surface area contributed by atoms with E-state index in [9.17, 15) is 4.79 Å². The number of hydrogen-bond acceptors (Lipinski definition) is 6. The zero-order valence-electron chi connectivity index (χ0n) is 11.2. The number of aliphatic carboxylic acids is 1. The summed E-state index contributed by atoms with van der Waals surface area (Å²) in [6.07, 6.45) is 0.126. The van der Waals surface area contributed by atoms with Crippen molar-refractivity contribution in [3.05, 3.63) is 30.1 Å². The van der Waals surface area contributed by atoms with Crippen molar-refractivity contribution >= 4 is 5.97 Å². The molecule has 110 valence electrons. The van der Waals surface area contributed by atoms with Crippen LogP contribution in [0.5, 0.6) is 11.5 Å². The maximum Gasteiger partial charge on any atom is 0.303 e. The maximum atomic E-state index is 10.5. The van der Waals surface area contributed by atoms with Crippen LogP contribution in [-0.2, 0) is 11.3 Å². The van der Waals surface area contributed by atoms with Crippen LogP contribution >= 0.6 is 0 Å². The number of nitrogens with zero attached hydrogens (tertiary/aromatic N) is 4. The molecule has 0 aliphatic carbocycles. The molecule has 2 aromatic rings. The average molecular weight is 290 g/mol. The van der Waals surface area contributed by atoms with Gasteiger partial charge in [0.25, 0.3) is 0 Å². The van der Waals surface area contributed by atoms with Gasteiger partial charge in [0.15, 0.2) is 23.4 Å². The van der Waals surface area contributed by atoms with Crippen molar-refractivity contribution in [2.75, 3.05) is 6.61 Å². The van der Waals surface area contributed by atoms with Gasteiger partial charge in [-0.3, -0.25) is 4.79 Å². The van der Waals surface area contributed by atoms with E-state index in [-0.39, 0.29) is 6.42 Å². The molecule has 0 spiro atoms. The highest BCUT2D eigenvalue weighted by Crippen LogP contribution is 2.35. The molecule has 1 N–H and O–H groups in total. The van der Waals surface area contributed by atoms with Crippen LogP contribution in [0, 0.1) is 0 Å². The highest BCUT2D eigenvalue weighted by atomic mass is 16.6. The molecule has 1 aliphatic heterocycles. The van der Waals surface area contributed by atoms with Crippen LogP contribution in [0.15, 0.2) is 24.3 Å². The van der Waals surface area contributed by atoms with Crippen LogP contribution in [0.25, 0.3) is 0 Å². The van der Waals surface area contributed by atoms with Crippen LogP contribution < -0.4 is 9.47 Å². The van der Waals surface area contributed by atoms with Crippen LogP contribution in [-0.4, -0.2) is 37.9 Å². The molecule has 0 amide bonds. The van der Waals surface area contributed by atoms with Gasteiger partial charge in [0, 0.05) is 13.0 Å². The predicted octanol–water partition coefficient (Wildman–Crippen LogP) is 1.05. The van der Waals surface area contributed by atoms with E-state index in [2.05, 4.69) is 15.5 Å². The summed E-state index contributed by atoms with van der Waals surface area (Å²) >= 11 is 0. The molecule has 0 fully saturated rings. The SMILES string of the molecule is O=C(O)CCCn1nnnc1C1COc2ccccc2O1. The highest BCUT2D eigenvalue weighted by molar-refractivity contribution is 5.66. The van der Waals surface area contributed by atoms with E-state index in [0.29, 0.717) is 36.9 Å². The zero-order valence-corrected chi connectivity index (χ0v) is 11.2. The molecule has 0 saturated carbocycles. The zero-order chi connectivity index (χ0) is 14.7. The van der Waals surface area contributed by atoms with Crippen molar-refractivity contribution in [3.63, 3.8) is 0 Å². The normalized spacial score (nSPS) is 16.7. The number of carboxylic acids is 1. The number of ether oxygens (including phenoxy) is 2. The number of carbonyl (C=O) groups is 1. The number of hydrogen-bond donors (Lipinski definition) is 1. The van der Waals surface area contributed by atoms with E-state index >= 15 is 0 Å². The van der Waals surface area contributed by atoms with Gasteiger partial charge in [-0.05, 0) is 29.0 Å². The first-order valence-electron chi connectivity index (χ1n) is 6.60. The summed E-state index contributed by atoms with van der Waals surface area (Å²) < 4.78 is 13.0. The third-order valence-corrected chi connectivity index (χ3v) is 3.12. The lowest BCUT2D eigenvalue weighted by atomic mass is 10.2. The molecule has 3 rings (SSSR count). The number of fused-ring (bicyclic) bond motifs is 1. The van der Waals surface area contributed by atoms with Gasteiger partial charge in [-0.1, -0.05) is 12.1 Å². The molecule has 1 aromatic heterocycles. The Bertz CT molecular complexity index is 643. The molecular formula is C13H14N4O4. The van der Waals surface area contributed by atoms with Gasteiger partial charge >= 0.3 is 5.97 Å². The molecule has 8 nitrogen and oxygen atoms in total. The van der Waals surface area contributed by atoms with Crippen molar-refractivity contribution in [2.24, 2.45) is 0 Å². The monoisotopic (exact) mass is 290 g/mol. The summed E-state index contributed by atoms with van der Waals surface area (Å²) in [5, 5.41) is 20.1. The molecule has 21 heavy (non-hydrogen) atoms. The lowest BCUT2D eigenvalue weighted by Crippen LogP contribution is -2.25. The van der Waals surface area contributed by atoms with Gasteiger partial charge in [0.2, 0.25) is 0 Å². The average Bonchev–Trinajstić information content (AvgIpc) is 2.95. The van der Waals surface area contributed by atoms with E-state index in [1.54, 1.807) is 4.68 Å². The number of rotatable bonds is 5. The Labute approximate surface area is 120 Å². The summed E-state index contributed by atoms with van der Waals surface area (Å²) in [4.78, 5) is 10.5. The van der Waals surface area contributed by atoms with E-state index in [1.807, 2.05) is 24.3 Å². The van der Waals surface area contributed by atoms with E-state index in [0.717, 1.165) is 0 Å². The van der Waals surface area contributed by atoms with Crippen molar-refractivity contribution in [2.45, 2.75) is 25.5 Å². The third-order valence-electron chi connectivity index (χ3n) is 3.12. The number of benzene rings is 1. The van der Waals surface area contributed by atoms with Crippen molar-refractivity contribution in [1.82, 2.24) is 20.2 Å². The molecule has 0 radical (unpaired) electrons. The number of aryl methyl sites for hydroxylation is 1. The summed E-state index contributed by atoms with van der Waals surface area (Å²) in [5.41, 5.74) is 0. The quantitative estimate of drug-likeness (QED) is 0.878. The van der Waals surface area contributed by atoms with Gasteiger partial charge in [0.05, 0.1) is 0 Å². The van der Waals surface area contributed by atoms with Crippen molar-refractivity contribution in [1.29, 1.82) is 0 Å². The minimum Gasteiger partial charge on any atom is -0.485 e. The highest BCUT2D eigenvalue weighted by Gasteiger charge is 2.27. The van der Waals surface area contributed by atoms with E-state index < -0.39 is 12.1 Å². The molecule has 1 aromatic carbocycles. The number of carboxylic acid groups (broad SMARTS) is 1.